The molecule has 0 aliphatic carbocycles. The second-order valence-electron chi connectivity index (χ2n) is 18.4. The van der Waals surface area contributed by atoms with Gasteiger partial charge in [0.1, 0.15) is 48.3 Å². The molecule has 4 aromatic rings. The molecule has 24 nitrogen and oxygen atoms in total. The van der Waals surface area contributed by atoms with Gasteiger partial charge < -0.3 is 64.0 Å². The topological polar surface area (TPSA) is 373 Å². The van der Waals surface area contributed by atoms with Gasteiger partial charge in [0, 0.05) is 66.3 Å². The summed E-state index contributed by atoms with van der Waals surface area (Å²) in [6, 6.07) is 4.55. The number of carbonyl (C=O) groups is 9. The summed E-state index contributed by atoms with van der Waals surface area (Å²) in [7, 11) is 2.00. The number of nitrogens with two attached hydrogens (primary N) is 2. The lowest BCUT2D eigenvalue weighted by atomic mass is 10.0. The Morgan fingerprint density at radius 3 is 2.03 bits per heavy atom. The lowest BCUT2D eigenvalue weighted by Gasteiger charge is -2.28. The molecular weight excluding hydrogens is 995 g/mol. The first-order chi connectivity index (χ1) is 35.4. The summed E-state index contributed by atoms with van der Waals surface area (Å²) in [5.41, 5.74) is 13.8. The Morgan fingerprint density at radius 1 is 0.730 bits per heavy atom. The number of aromatic nitrogens is 3. The van der Waals surface area contributed by atoms with E-state index in [4.69, 9.17) is 16.9 Å². The zero-order valence-electron chi connectivity index (χ0n) is 41.0. The van der Waals surface area contributed by atoms with Crippen LogP contribution in [-0.4, -0.2) is 145 Å². The number of guanidine groups is 1. The highest BCUT2D eigenvalue weighted by atomic mass is 33.1. The highest BCUT2D eigenvalue weighted by Crippen LogP contribution is 2.27. The van der Waals surface area contributed by atoms with Crippen LogP contribution in [0.25, 0.3) is 10.9 Å². The molecule has 0 radical (unpaired) electrons. The number of nitrogens with one attached hydrogen (secondary N) is 11. The molecule has 26 heteroatoms. The molecule has 15 N–H and O–H groups in total. The van der Waals surface area contributed by atoms with E-state index in [0.29, 0.717) is 16.8 Å². The third-order valence-electron chi connectivity index (χ3n) is 12.2. The van der Waals surface area contributed by atoms with Crippen molar-refractivity contribution < 1.29 is 43.2 Å². The third kappa shape index (κ3) is 15.5. The summed E-state index contributed by atoms with van der Waals surface area (Å²) >= 11 is 0. The number of primary amides is 1. The Balaban J connectivity index is 1.39. The molecule has 0 spiro atoms. The van der Waals surface area contributed by atoms with Gasteiger partial charge >= 0.3 is 6.03 Å². The second-order valence-corrected chi connectivity index (χ2v) is 20.9. The fraction of sp³-hybridized carbons (Fsp3) is 0.438. The molecule has 6 rings (SSSR count). The van der Waals surface area contributed by atoms with E-state index in [0.717, 1.165) is 37.4 Å². The van der Waals surface area contributed by atoms with Crippen molar-refractivity contribution in [3.8, 4) is 0 Å². The van der Waals surface area contributed by atoms with Crippen LogP contribution in [-0.2, 0) is 57.6 Å². The zero-order valence-corrected chi connectivity index (χ0v) is 42.7. The predicted octanol–water partition coefficient (Wildman–Crippen LogP) is -0.674. The largest absolute Gasteiger partial charge is 0.370 e. The molecule has 10 amide bonds. The monoisotopic (exact) mass is 1060 g/mol. The summed E-state index contributed by atoms with van der Waals surface area (Å²) in [5.74, 6) is -7.30. The SMILES string of the molecule is CC(C)C[C@@H]1NC(=O)N([C@H]2CSSC[C@@H](C(N)=O)NC(=O)[C@H](Cc3c[nH]c4ccccc34)NC(=O)[C@H](CCCNC(=N)N)NC(=O)[C@@H](Cc3ccccc3)NC(=O)[C@H](Cc3cnc[nH]3)NC(=O)[C@@H](C)NC2=O)C1=O. The Kier molecular flexibility index (Phi) is 19.9. The number of imide groups is 1. The number of nitrogens with zero attached hydrogens (tertiary/aromatic N) is 2. The van der Waals surface area contributed by atoms with Gasteiger partial charge in [-0.2, -0.15) is 0 Å². The van der Waals surface area contributed by atoms with Gasteiger partial charge in [-0.25, -0.2) is 14.7 Å². The number of amides is 10. The van der Waals surface area contributed by atoms with Gasteiger partial charge in [-0.3, -0.25) is 43.8 Å². The van der Waals surface area contributed by atoms with Crippen LogP contribution in [0, 0.1) is 11.3 Å². The molecule has 0 bridgehead atoms. The molecule has 2 saturated heterocycles. The van der Waals surface area contributed by atoms with Crippen LogP contribution in [0.3, 0.4) is 0 Å². The minimum atomic E-state index is -1.49. The van der Waals surface area contributed by atoms with E-state index in [9.17, 15) is 43.2 Å². The van der Waals surface area contributed by atoms with Crippen molar-refractivity contribution in [2.75, 3.05) is 18.1 Å². The molecule has 0 saturated carbocycles. The van der Waals surface area contributed by atoms with E-state index in [1.165, 1.54) is 19.4 Å². The number of hydrogen-bond donors (Lipinski definition) is 13. The number of urea groups is 1. The van der Waals surface area contributed by atoms with Gasteiger partial charge in [0.2, 0.25) is 41.4 Å². The number of imidazole rings is 1. The van der Waals surface area contributed by atoms with E-state index in [-0.39, 0.29) is 68.5 Å². The van der Waals surface area contributed by atoms with Crippen molar-refractivity contribution in [2.45, 2.75) is 108 Å². The van der Waals surface area contributed by atoms with Gasteiger partial charge in [-0.15, -0.1) is 0 Å². The first-order valence-electron chi connectivity index (χ1n) is 24.0. The average molecular weight is 1060 g/mol. The lowest BCUT2D eigenvalue weighted by molar-refractivity contribution is -0.137. The maximum Gasteiger partial charge on any atom is 0.325 e. The summed E-state index contributed by atoms with van der Waals surface area (Å²) < 4.78 is 0. The van der Waals surface area contributed by atoms with Crippen LogP contribution in [0.1, 0.15) is 56.9 Å². The van der Waals surface area contributed by atoms with Crippen molar-refractivity contribution in [1.29, 1.82) is 5.41 Å². The molecular formula is C48H63N15O9S2. The van der Waals surface area contributed by atoms with Crippen molar-refractivity contribution in [3.05, 3.63) is 90.1 Å². The van der Waals surface area contributed by atoms with Gasteiger partial charge in [-0.05, 0) is 49.3 Å². The van der Waals surface area contributed by atoms with Crippen LogP contribution in [0.5, 0.6) is 0 Å². The highest BCUT2D eigenvalue weighted by molar-refractivity contribution is 8.76. The maximum atomic E-state index is 14.6. The Morgan fingerprint density at radius 2 is 1.35 bits per heavy atom. The number of hydrogen-bond acceptors (Lipinski definition) is 13. The average Bonchev–Trinajstić information content (AvgIpc) is 4.10. The highest BCUT2D eigenvalue weighted by Gasteiger charge is 2.45. The molecule has 2 fully saturated rings. The van der Waals surface area contributed by atoms with Gasteiger partial charge in [-0.1, -0.05) is 84.0 Å². The predicted molar refractivity (Wildman–Crippen MR) is 277 cm³/mol. The fourth-order valence-electron chi connectivity index (χ4n) is 8.34. The van der Waals surface area contributed by atoms with Crippen LogP contribution in [0.4, 0.5) is 4.79 Å². The molecule has 2 aliphatic heterocycles. The van der Waals surface area contributed by atoms with Crippen molar-refractivity contribution in [2.24, 2.45) is 17.4 Å². The van der Waals surface area contributed by atoms with E-state index in [2.05, 4.69) is 57.5 Å². The summed E-state index contributed by atoms with van der Waals surface area (Å²) in [6.45, 7) is 5.21. The van der Waals surface area contributed by atoms with Crippen LogP contribution < -0.4 is 54.0 Å². The van der Waals surface area contributed by atoms with Crippen molar-refractivity contribution in [1.82, 2.24) is 62.4 Å². The van der Waals surface area contributed by atoms with Gasteiger partial charge in [0.05, 0.1) is 6.33 Å². The number of fused-ring (bicyclic) bond motifs is 1. The molecule has 396 valence electrons. The van der Waals surface area contributed by atoms with Crippen molar-refractivity contribution in [3.63, 3.8) is 0 Å². The molecule has 2 aromatic heterocycles. The van der Waals surface area contributed by atoms with Crippen molar-refractivity contribution >= 4 is 91.7 Å². The third-order valence-corrected chi connectivity index (χ3v) is 14.6. The minimum Gasteiger partial charge on any atom is -0.370 e. The quantitative estimate of drug-likeness (QED) is 0.0245. The number of carbonyl (C=O) groups excluding carboxylic acids is 9. The lowest BCUT2D eigenvalue weighted by Crippen LogP contribution is -2.60. The summed E-state index contributed by atoms with van der Waals surface area (Å²) in [6.07, 6.45) is 4.57. The minimum absolute atomic E-state index is 0.00256. The van der Waals surface area contributed by atoms with E-state index >= 15 is 0 Å². The Bertz CT molecular complexity index is 2670. The number of H-pyrrole nitrogens is 2. The van der Waals surface area contributed by atoms with Crippen LogP contribution >= 0.6 is 21.6 Å². The molecule has 74 heavy (non-hydrogen) atoms. The van der Waals surface area contributed by atoms with E-state index < -0.39 is 102 Å². The Labute approximate surface area is 434 Å². The van der Waals surface area contributed by atoms with Gasteiger partial charge in [0.25, 0.3) is 5.91 Å². The maximum absolute atomic E-state index is 14.6. The molecule has 2 aromatic carbocycles. The normalized spacial score (nSPS) is 24.2. The fourth-order valence-corrected chi connectivity index (χ4v) is 10.7. The molecule has 2 aliphatic rings. The molecule has 4 heterocycles. The van der Waals surface area contributed by atoms with Crippen LogP contribution in [0.2, 0.25) is 0 Å². The first kappa shape index (κ1) is 55.7. The van der Waals surface area contributed by atoms with E-state index in [1.54, 1.807) is 42.6 Å². The number of aromatic amines is 2. The second kappa shape index (κ2) is 26.4. The summed E-state index contributed by atoms with van der Waals surface area (Å²) in [4.78, 5) is 137. The smallest absolute Gasteiger partial charge is 0.325 e. The standard InChI is InChI=1S/C48H63N15O9S2/c1-25(2)16-36-46(71)63(48(72)62-36)38-23-74-73-22-37(39(49)64)61-43(68)34(18-28-20-54-31-13-8-7-12-30(28)31)60-41(66)32(14-9-15-53-47(50)51)57-42(67)33(17-27-10-5-4-6-11-27)59-44(69)35(19-29-21-52-24-55-29)58-40(65)26(3)56-45(38)70/h4-8,10-13,20-21,24-26,32-38,54H,9,14-19,22-23H2,1-3H3,(H2,49,64)(H,52,55)(H,56,70)(H,57,67)(H,58,65)(H,59,69)(H,60,66)(H,61,68)(H,62,72)(H4,50,51,53)/t26-,32+,33-,34+,35+,36+,37+,38+/m1/s1. The van der Waals surface area contributed by atoms with Gasteiger partial charge in [0.15, 0.2) is 5.96 Å². The zero-order chi connectivity index (χ0) is 53.5. The first-order valence-corrected chi connectivity index (χ1v) is 26.5. The number of rotatable bonds is 14. The van der Waals surface area contributed by atoms with Crippen LogP contribution in [0.15, 0.2) is 73.3 Å². The van der Waals surface area contributed by atoms with E-state index in [1.807, 2.05) is 32.0 Å². The summed E-state index contributed by atoms with van der Waals surface area (Å²) in [5, 5.41) is 29.9. The molecule has 8 atom stereocenters. The Hall–Kier alpha value is -7.61. The number of benzene rings is 2. The number of para-hydroxylation sites is 1. The molecule has 0 unspecified atom stereocenters.